The van der Waals surface area contributed by atoms with Crippen molar-refractivity contribution in [2.45, 2.75) is 20.4 Å². The standard InChI is InChI=1S/C19H17N3O5/c1-12-13(2)22(10-14-5-3-7-25-14)18(15(12)9-20)21-17(23)11-27-19(24)16-6-4-8-26-16/h3-8H,10-11H2,1-2H3,(H,21,23). The number of nitriles is 1. The maximum Gasteiger partial charge on any atom is 0.374 e. The second kappa shape index (κ2) is 7.66. The summed E-state index contributed by atoms with van der Waals surface area (Å²) in [4.78, 5) is 24.0. The molecule has 0 fully saturated rings. The number of anilines is 1. The van der Waals surface area contributed by atoms with Crippen molar-refractivity contribution in [2.24, 2.45) is 0 Å². The number of rotatable bonds is 6. The van der Waals surface area contributed by atoms with Crippen LogP contribution >= 0.6 is 0 Å². The first kappa shape index (κ1) is 18.1. The van der Waals surface area contributed by atoms with Crippen LogP contribution in [0.3, 0.4) is 0 Å². The summed E-state index contributed by atoms with van der Waals surface area (Å²) in [5.41, 5.74) is 1.93. The molecular formula is C19H17N3O5. The van der Waals surface area contributed by atoms with Gasteiger partial charge in [0.25, 0.3) is 5.91 Å². The maximum absolute atomic E-state index is 12.3. The van der Waals surface area contributed by atoms with Crippen LogP contribution in [0.2, 0.25) is 0 Å². The van der Waals surface area contributed by atoms with Crippen molar-refractivity contribution >= 4 is 17.7 Å². The van der Waals surface area contributed by atoms with Gasteiger partial charge in [-0.2, -0.15) is 5.26 Å². The monoisotopic (exact) mass is 367 g/mol. The second-order valence-electron chi connectivity index (χ2n) is 5.81. The number of amides is 1. The fourth-order valence-electron chi connectivity index (χ4n) is 2.65. The van der Waals surface area contributed by atoms with Gasteiger partial charge in [0.2, 0.25) is 5.76 Å². The molecule has 3 heterocycles. The summed E-state index contributed by atoms with van der Waals surface area (Å²) in [5, 5.41) is 12.1. The second-order valence-corrected chi connectivity index (χ2v) is 5.81. The zero-order valence-electron chi connectivity index (χ0n) is 14.8. The molecule has 0 saturated heterocycles. The molecular weight excluding hydrogens is 350 g/mol. The average Bonchev–Trinajstić information content (AvgIpc) is 3.40. The number of aromatic nitrogens is 1. The topological polar surface area (TPSA) is 110 Å². The lowest BCUT2D eigenvalue weighted by Crippen LogP contribution is -2.23. The minimum Gasteiger partial charge on any atom is -0.467 e. The lowest BCUT2D eigenvalue weighted by atomic mass is 10.2. The van der Waals surface area contributed by atoms with Crippen molar-refractivity contribution in [1.82, 2.24) is 4.57 Å². The fraction of sp³-hybridized carbons (Fsp3) is 0.211. The molecule has 3 rings (SSSR count). The molecule has 0 spiro atoms. The smallest absolute Gasteiger partial charge is 0.374 e. The molecule has 8 heteroatoms. The van der Waals surface area contributed by atoms with Crippen LogP contribution in [0.15, 0.2) is 45.6 Å². The van der Waals surface area contributed by atoms with Gasteiger partial charge in [-0.15, -0.1) is 0 Å². The van der Waals surface area contributed by atoms with E-state index in [-0.39, 0.29) is 5.76 Å². The van der Waals surface area contributed by atoms with E-state index in [4.69, 9.17) is 13.6 Å². The number of esters is 1. The largest absolute Gasteiger partial charge is 0.467 e. The lowest BCUT2D eigenvalue weighted by molar-refractivity contribution is -0.119. The first-order valence-corrected chi connectivity index (χ1v) is 8.14. The van der Waals surface area contributed by atoms with E-state index < -0.39 is 18.5 Å². The number of furan rings is 2. The SMILES string of the molecule is Cc1c(C#N)c(NC(=O)COC(=O)c2ccco2)n(Cc2ccco2)c1C. The summed E-state index contributed by atoms with van der Waals surface area (Å²) in [5.74, 6) is -0.285. The van der Waals surface area contributed by atoms with Crippen LogP contribution in [0.4, 0.5) is 5.82 Å². The molecule has 1 amide bonds. The first-order valence-electron chi connectivity index (χ1n) is 8.14. The Morgan fingerprint density at radius 1 is 1.22 bits per heavy atom. The van der Waals surface area contributed by atoms with Crippen LogP contribution in [0.5, 0.6) is 0 Å². The zero-order valence-corrected chi connectivity index (χ0v) is 14.8. The number of ether oxygens (including phenoxy) is 1. The number of carbonyl (C=O) groups is 2. The van der Waals surface area contributed by atoms with Crippen LogP contribution in [0, 0.1) is 25.2 Å². The van der Waals surface area contributed by atoms with Gasteiger partial charge in [0.1, 0.15) is 17.6 Å². The third kappa shape index (κ3) is 3.77. The van der Waals surface area contributed by atoms with Crippen molar-refractivity contribution in [3.05, 3.63) is 65.1 Å². The molecule has 0 saturated carbocycles. The van der Waals surface area contributed by atoms with E-state index in [2.05, 4.69) is 11.4 Å². The van der Waals surface area contributed by atoms with Crippen molar-refractivity contribution in [1.29, 1.82) is 5.26 Å². The molecule has 3 aromatic rings. The van der Waals surface area contributed by atoms with Crippen molar-refractivity contribution in [2.75, 3.05) is 11.9 Å². The minimum absolute atomic E-state index is 0.00778. The zero-order chi connectivity index (χ0) is 19.4. The summed E-state index contributed by atoms with van der Waals surface area (Å²) in [6, 6.07) is 8.66. The van der Waals surface area contributed by atoms with Gasteiger partial charge in [-0.3, -0.25) is 4.79 Å². The summed E-state index contributed by atoms with van der Waals surface area (Å²) in [7, 11) is 0. The molecule has 0 aliphatic carbocycles. The van der Waals surface area contributed by atoms with E-state index in [1.54, 1.807) is 36.0 Å². The highest BCUT2D eigenvalue weighted by Gasteiger charge is 2.21. The molecule has 0 atom stereocenters. The third-order valence-corrected chi connectivity index (χ3v) is 4.15. The van der Waals surface area contributed by atoms with E-state index in [0.29, 0.717) is 23.7 Å². The van der Waals surface area contributed by atoms with Crippen LogP contribution < -0.4 is 5.32 Å². The molecule has 0 aliphatic heterocycles. The van der Waals surface area contributed by atoms with Gasteiger partial charge >= 0.3 is 5.97 Å². The Hall–Kier alpha value is -3.73. The van der Waals surface area contributed by atoms with Crippen LogP contribution in [0.25, 0.3) is 0 Å². The molecule has 0 aromatic carbocycles. The van der Waals surface area contributed by atoms with Crippen molar-refractivity contribution in [3.63, 3.8) is 0 Å². The van der Waals surface area contributed by atoms with Gasteiger partial charge in [-0.1, -0.05) is 0 Å². The van der Waals surface area contributed by atoms with Gasteiger partial charge in [0.05, 0.1) is 24.6 Å². The summed E-state index contributed by atoms with van der Waals surface area (Å²) in [6.07, 6.45) is 2.89. The van der Waals surface area contributed by atoms with Gasteiger partial charge in [0, 0.05) is 5.69 Å². The predicted octanol–water partition coefficient (Wildman–Crippen LogP) is 3.01. The van der Waals surface area contributed by atoms with Crippen molar-refractivity contribution in [3.8, 4) is 6.07 Å². The summed E-state index contributed by atoms with van der Waals surface area (Å²) in [6.45, 7) is 3.50. The number of carbonyl (C=O) groups excluding carboxylic acids is 2. The maximum atomic E-state index is 12.3. The van der Waals surface area contributed by atoms with E-state index in [1.807, 2.05) is 6.92 Å². The number of hydrogen-bond donors (Lipinski definition) is 1. The van der Waals surface area contributed by atoms with Gasteiger partial charge in [-0.05, 0) is 43.7 Å². The molecule has 8 nitrogen and oxygen atoms in total. The highest BCUT2D eigenvalue weighted by molar-refractivity contribution is 5.95. The van der Waals surface area contributed by atoms with Gasteiger partial charge in [-0.25, -0.2) is 4.79 Å². The van der Waals surface area contributed by atoms with Gasteiger partial charge in [0.15, 0.2) is 6.61 Å². The fourth-order valence-corrected chi connectivity index (χ4v) is 2.65. The van der Waals surface area contributed by atoms with E-state index in [1.165, 1.54) is 12.3 Å². The van der Waals surface area contributed by atoms with Gasteiger partial charge < -0.3 is 23.5 Å². The van der Waals surface area contributed by atoms with Crippen LogP contribution in [0.1, 0.15) is 33.1 Å². The molecule has 1 N–H and O–H groups in total. The molecule has 0 radical (unpaired) electrons. The normalized spacial score (nSPS) is 10.4. The molecule has 0 bridgehead atoms. The Bertz CT molecular complexity index is 991. The summed E-state index contributed by atoms with van der Waals surface area (Å²) >= 11 is 0. The van der Waals surface area contributed by atoms with E-state index in [9.17, 15) is 14.9 Å². The molecule has 3 aromatic heterocycles. The van der Waals surface area contributed by atoms with Crippen LogP contribution in [-0.2, 0) is 16.1 Å². The van der Waals surface area contributed by atoms with Crippen molar-refractivity contribution < 1.29 is 23.2 Å². The number of nitrogens with zero attached hydrogens (tertiary/aromatic N) is 2. The summed E-state index contributed by atoms with van der Waals surface area (Å²) < 4.78 is 17.0. The molecule has 0 aliphatic rings. The Balaban J connectivity index is 1.76. The Morgan fingerprint density at radius 3 is 2.59 bits per heavy atom. The highest BCUT2D eigenvalue weighted by Crippen LogP contribution is 2.27. The van der Waals surface area contributed by atoms with E-state index in [0.717, 1.165) is 11.3 Å². The van der Waals surface area contributed by atoms with Crippen LogP contribution in [-0.4, -0.2) is 23.1 Å². The lowest BCUT2D eigenvalue weighted by Gasteiger charge is -2.12. The third-order valence-electron chi connectivity index (χ3n) is 4.15. The molecule has 27 heavy (non-hydrogen) atoms. The minimum atomic E-state index is -0.742. The Morgan fingerprint density at radius 2 is 1.96 bits per heavy atom. The molecule has 0 unspecified atom stereocenters. The molecule has 138 valence electrons. The first-order chi connectivity index (χ1) is 13.0. The predicted molar refractivity (Wildman–Crippen MR) is 94.1 cm³/mol. The average molecular weight is 367 g/mol. The Kier molecular flexibility index (Phi) is 5.13. The number of nitrogens with one attached hydrogen (secondary N) is 1. The van der Waals surface area contributed by atoms with E-state index >= 15 is 0 Å². The number of hydrogen-bond acceptors (Lipinski definition) is 6. The quantitative estimate of drug-likeness (QED) is 0.671. The highest BCUT2D eigenvalue weighted by atomic mass is 16.5. The Labute approximate surface area is 154 Å².